The van der Waals surface area contributed by atoms with Crippen molar-refractivity contribution in [3.05, 3.63) is 41.5 Å². The van der Waals surface area contributed by atoms with Crippen LogP contribution in [-0.2, 0) is 9.53 Å². The number of amides is 1. The van der Waals surface area contributed by atoms with Gasteiger partial charge in [-0.3, -0.25) is 4.79 Å². The molecule has 1 amide bonds. The van der Waals surface area contributed by atoms with Crippen molar-refractivity contribution < 1.29 is 14.6 Å². The quantitative estimate of drug-likeness (QED) is 0.430. The van der Waals surface area contributed by atoms with Gasteiger partial charge in [0.1, 0.15) is 11.6 Å². The van der Waals surface area contributed by atoms with Crippen LogP contribution in [0.3, 0.4) is 0 Å². The van der Waals surface area contributed by atoms with Crippen LogP contribution in [0.2, 0.25) is 0 Å². The fraction of sp³-hybridized carbons (Fsp3) is 0.286. The van der Waals surface area contributed by atoms with Gasteiger partial charge in [-0.15, -0.1) is 0 Å². The van der Waals surface area contributed by atoms with E-state index in [0.717, 1.165) is 5.56 Å². The molecule has 0 atom stereocenters. The SMILES string of the molecule is N#C/C(=C\c1ccccc1)C(=O)NCCOCCO. The van der Waals surface area contributed by atoms with Crippen molar-refractivity contribution >= 4 is 12.0 Å². The highest BCUT2D eigenvalue weighted by Gasteiger charge is 2.07. The number of hydrogen-bond acceptors (Lipinski definition) is 4. The zero-order chi connectivity index (χ0) is 13.9. The molecule has 0 spiro atoms. The van der Waals surface area contributed by atoms with Crippen LogP contribution in [0.4, 0.5) is 0 Å². The van der Waals surface area contributed by atoms with Crippen LogP contribution in [-0.4, -0.2) is 37.4 Å². The second-order valence-electron chi connectivity index (χ2n) is 3.67. The van der Waals surface area contributed by atoms with Gasteiger partial charge in [-0.25, -0.2) is 0 Å². The monoisotopic (exact) mass is 260 g/mol. The van der Waals surface area contributed by atoms with Gasteiger partial charge in [-0.05, 0) is 11.6 Å². The zero-order valence-corrected chi connectivity index (χ0v) is 10.5. The number of aliphatic hydroxyl groups excluding tert-OH is 1. The first-order valence-electron chi connectivity index (χ1n) is 5.91. The highest BCUT2D eigenvalue weighted by molar-refractivity contribution is 6.01. The van der Waals surface area contributed by atoms with Crippen molar-refractivity contribution in [3.63, 3.8) is 0 Å². The molecule has 0 aliphatic rings. The Balaban J connectivity index is 2.49. The van der Waals surface area contributed by atoms with Gasteiger partial charge in [0.25, 0.3) is 5.91 Å². The van der Waals surface area contributed by atoms with Crippen LogP contribution in [0.1, 0.15) is 5.56 Å². The Hall–Kier alpha value is -2.16. The Morgan fingerprint density at radius 3 is 2.74 bits per heavy atom. The Labute approximate surface area is 112 Å². The van der Waals surface area contributed by atoms with Gasteiger partial charge in [0.05, 0.1) is 19.8 Å². The van der Waals surface area contributed by atoms with E-state index in [1.807, 2.05) is 36.4 Å². The number of ether oxygens (including phenoxy) is 1. The van der Waals surface area contributed by atoms with Crippen LogP contribution >= 0.6 is 0 Å². The van der Waals surface area contributed by atoms with Gasteiger partial charge in [-0.2, -0.15) is 5.26 Å². The number of nitrogens with one attached hydrogen (secondary N) is 1. The molecule has 1 rings (SSSR count). The first kappa shape index (κ1) is 14.9. The van der Waals surface area contributed by atoms with Gasteiger partial charge in [0, 0.05) is 6.54 Å². The van der Waals surface area contributed by atoms with Crippen molar-refractivity contribution in [2.75, 3.05) is 26.4 Å². The summed E-state index contributed by atoms with van der Waals surface area (Å²) in [6.07, 6.45) is 1.53. The molecule has 1 aromatic carbocycles. The lowest BCUT2D eigenvalue weighted by molar-refractivity contribution is -0.117. The molecule has 2 N–H and O–H groups in total. The Kier molecular flexibility index (Phi) is 6.95. The second kappa shape index (κ2) is 8.86. The van der Waals surface area contributed by atoms with Crippen molar-refractivity contribution in [1.82, 2.24) is 5.32 Å². The lowest BCUT2D eigenvalue weighted by atomic mass is 10.1. The topological polar surface area (TPSA) is 82.4 Å². The lowest BCUT2D eigenvalue weighted by Crippen LogP contribution is -2.28. The van der Waals surface area contributed by atoms with Crippen LogP contribution in [0, 0.1) is 11.3 Å². The smallest absolute Gasteiger partial charge is 0.262 e. The first-order valence-corrected chi connectivity index (χ1v) is 5.91. The standard InChI is InChI=1S/C14H16N2O3/c15-11-13(10-12-4-2-1-3-5-12)14(18)16-6-8-19-9-7-17/h1-5,10,17H,6-9H2,(H,16,18)/b13-10+. The molecule has 5 heteroatoms. The normalized spacial score (nSPS) is 10.8. The minimum atomic E-state index is -0.432. The van der Waals surface area contributed by atoms with Crippen molar-refractivity contribution in [1.29, 1.82) is 5.26 Å². The predicted molar refractivity (Wildman–Crippen MR) is 70.9 cm³/mol. The lowest BCUT2D eigenvalue weighted by Gasteiger charge is -2.04. The average Bonchev–Trinajstić information content (AvgIpc) is 2.45. The van der Waals surface area contributed by atoms with Gasteiger partial charge in [0.15, 0.2) is 0 Å². The summed E-state index contributed by atoms with van der Waals surface area (Å²) in [5, 5.41) is 20.0. The molecule has 0 unspecified atom stereocenters. The van der Waals surface area contributed by atoms with E-state index in [1.54, 1.807) is 0 Å². The Morgan fingerprint density at radius 1 is 1.37 bits per heavy atom. The van der Waals surface area contributed by atoms with E-state index < -0.39 is 5.91 Å². The molecule has 19 heavy (non-hydrogen) atoms. The number of hydrogen-bond donors (Lipinski definition) is 2. The molecular formula is C14H16N2O3. The van der Waals surface area contributed by atoms with Gasteiger partial charge in [-0.1, -0.05) is 30.3 Å². The molecule has 5 nitrogen and oxygen atoms in total. The number of carbonyl (C=O) groups excluding carboxylic acids is 1. The summed E-state index contributed by atoms with van der Waals surface area (Å²) >= 11 is 0. The second-order valence-corrected chi connectivity index (χ2v) is 3.67. The maximum atomic E-state index is 11.7. The van der Waals surface area contributed by atoms with E-state index in [-0.39, 0.29) is 18.8 Å². The number of aliphatic hydroxyl groups is 1. The maximum absolute atomic E-state index is 11.7. The molecular weight excluding hydrogens is 244 g/mol. The maximum Gasteiger partial charge on any atom is 0.262 e. The summed E-state index contributed by atoms with van der Waals surface area (Å²) in [6, 6.07) is 11.0. The summed E-state index contributed by atoms with van der Waals surface area (Å²) in [5.41, 5.74) is 0.846. The zero-order valence-electron chi connectivity index (χ0n) is 10.5. The largest absolute Gasteiger partial charge is 0.394 e. The van der Waals surface area contributed by atoms with Crippen molar-refractivity contribution in [3.8, 4) is 6.07 Å². The number of nitrogens with zero attached hydrogens (tertiary/aromatic N) is 1. The van der Waals surface area contributed by atoms with E-state index in [1.165, 1.54) is 6.08 Å². The van der Waals surface area contributed by atoms with Crippen LogP contribution < -0.4 is 5.32 Å². The highest BCUT2D eigenvalue weighted by atomic mass is 16.5. The summed E-state index contributed by atoms with van der Waals surface area (Å²) < 4.78 is 5.00. The summed E-state index contributed by atoms with van der Waals surface area (Å²) in [5.74, 6) is -0.432. The fourth-order valence-electron chi connectivity index (χ4n) is 1.36. The van der Waals surface area contributed by atoms with Crippen LogP contribution in [0.15, 0.2) is 35.9 Å². The number of carbonyl (C=O) groups is 1. The Bertz CT molecular complexity index is 463. The summed E-state index contributed by atoms with van der Waals surface area (Å²) in [7, 11) is 0. The van der Waals surface area contributed by atoms with E-state index in [0.29, 0.717) is 13.2 Å². The van der Waals surface area contributed by atoms with Crippen LogP contribution in [0.5, 0.6) is 0 Å². The van der Waals surface area contributed by atoms with Crippen molar-refractivity contribution in [2.45, 2.75) is 0 Å². The van der Waals surface area contributed by atoms with E-state index in [4.69, 9.17) is 15.1 Å². The molecule has 0 aliphatic carbocycles. The third kappa shape index (κ3) is 5.82. The molecule has 0 heterocycles. The summed E-state index contributed by atoms with van der Waals surface area (Å²) in [4.78, 5) is 11.7. The molecule has 0 radical (unpaired) electrons. The molecule has 0 aromatic heterocycles. The molecule has 0 bridgehead atoms. The first-order chi connectivity index (χ1) is 9.27. The number of rotatable bonds is 7. The third-order valence-corrected chi connectivity index (χ3v) is 2.24. The van der Waals surface area contributed by atoms with Crippen LogP contribution in [0.25, 0.3) is 6.08 Å². The molecule has 0 saturated carbocycles. The van der Waals surface area contributed by atoms with E-state index >= 15 is 0 Å². The molecule has 0 saturated heterocycles. The molecule has 1 aromatic rings. The van der Waals surface area contributed by atoms with E-state index in [2.05, 4.69) is 5.32 Å². The van der Waals surface area contributed by atoms with Gasteiger partial charge < -0.3 is 15.2 Å². The van der Waals surface area contributed by atoms with Gasteiger partial charge in [0.2, 0.25) is 0 Å². The number of benzene rings is 1. The minimum Gasteiger partial charge on any atom is -0.394 e. The average molecular weight is 260 g/mol. The predicted octanol–water partition coefficient (Wildman–Crippen LogP) is 0.719. The molecule has 0 fully saturated rings. The fourth-order valence-corrected chi connectivity index (χ4v) is 1.36. The highest BCUT2D eigenvalue weighted by Crippen LogP contribution is 2.05. The summed E-state index contributed by atoms with van der Waals surface area (Å²) in [6.45, 7) is 0.787. The number of nitriles is 1. The minimum absolute atomic E-state index is 0.0494. The molecule has 0 aliphatic heterocycles. The van der Waals surface area contributed by atoms with Crippen molar-refractivity contribution in [2.24, 2.45) is 0 Å². The Morgan fingerprint density at radius 2 is 2.11 bits per heavy atom. The van der Waals surface area contributed by atoms with Gasteiger partial charge >= 0.3 is 0 Å². The third-order valence-electron chi connectivity index (χ3n) is 2.24. The molecule has 100 valence electrons. The van der Waals surface area contributed by atoms with E-state index in [9.17, 15) is 4.79 Å².